The zero-order valence-corrected chi connectivity index (χ0v) is 14.1. The fourth-order valence-electron chi connectivity index (χ4n) is 1.96. The first kappa shape index (κ1) is 17.1. The standard InChI is InChI=1S/C16H19N3O3S/c1-12-7-8-14(10-13(12)2)23(21,22)19(3)11-16(20)18-15-6-4-5-9-17-15/h4-10H,11H2,1-3H3,(H,17,18,20). The van der Waals surface area contributed by atoms with Crippen molar-refractivity contribution in [3.8, 4) is 0 Å². The number of rotatable bonds is 5. The molecule has 0 bridgehead atoms. The molecule has 1 N–H and O–H groups in total. The summed E-state index contributed by atoms with van der Waals surface area (Å²) < 4.78 is 26.1. The Labute approximate surface area is 136 Å². The maximum absolute atomic E-state index is 12.5. The Morgan fingerprint density at radius 2 is 1.91 bits per heavy atom. The van der Waals surface area contributed by atoms with E-state index < -0.39 is 15.9 Å². The first-order valence-electron chi connectivity index (χ1n) is 7.05. The molecule has 0 aliphatic carbocycles. The number of sulfonamides is 1. The van der Waals surface area contributed by atoms with Crippen LogP contribution in [0.4, 0.5) is 5.82 Å². The van der Waals surface area contributed by atoms with E-state index in [-0.39, 0.29) is 11.4 Å². The van der Waals surface area contributed by atoms with Crippen LogP contribution in [0, 0.1) is 13.8 Å². The van der Waals surface area contributed by atoms with E-state index in [1.807, 2.05) is 13.8 Å². The van der Waals surface area contributed by atoms with Crippen molar-refractivity contribution in [2.45, 2.75) is 18.7 Å². The quantitative estimate of drug-likeness (QED) is 0.907. The summed E-state index contributed by atoms with van der Waals surface area (Å²) in [5.41, 5.74) is 1.90. The van der Waals surface area contributed by atoms with Crippen LogP contribution in [-0.2, 0) is 14.8 Å². The highest BCUT2D eigenvalue weighted by Gasteiger charge is 2.23. The third kappa shape index (κ3) is 4.14. The Morgan fingerprint density at radius 1 is 1.17 bits per heavy atom. The molecule has 0 aliphatic rings. The van der Waals surface area contributed by atoms with Gasteiger partial charge in [-0.1, -0.05) is 12.1 Å². The Hall–Kier alpha value is -2.25. The lowest BCUT2D eigenvalue weighted by molar-refractivity contribution is -0.116. The largest absolute Gasteiger partial charge is 0.310 e. The molecule has 6 nitrogen and oxygen atoms in total. The van der Waals surface area contributed by atoms with E-state index in [1.54, 1.807) is 42.6 Å². The van der Waals surface area contributed by atoms with Crippen LogP contribution in [0.2, 0.25) is 0 Å². The van der Waals surface area contributed by atoms with Gasteiger partial charge in [0.15, 0.2) is 0 Å². The second-order valence-electron chi connectivity index (χ2n) is 5.27. The van der Waals surface area contributed by atoms with Crippen molar-refractivity contribution < 1.29 is 13.2 Å². The van der Waals surface area contributed by atoms with E-state index in [9.17, 15) is 13.2 Å². The summed E-state index contributed by atoms with van der Waals surface area (Å²) >= 11 is 0. The molecular weight excluding hydrogens is 314 g/mol. The number of nitrogens with zero attached hydrogens (tertiary/aromatic N) is 2. The summed E-state index contributed by atoms with van der Waals surface area (Å²) in [5, 5.41) is 2.56. The summed E-state index contributed by atoms with van der Waals surface area (Å²) in [4.78, 5) is 16.1. The van der Waals surface area contributed by atoms with Gasteiger partial charge < -0.3 is 5.32 Å². The van der Waals surface area contributed by atoms with Gasteiger partial charge in [-0.3, -0.25) is 4.79 Å². The molecule has 1 aromatic heterocycles. The van der Waals surface area contributed by atoms with E-state index >= 15 is 0 Å². The maximum Gasteiger partial charge on any atom is 0.243 e. The number of pyridine rings is 1. The number of carbonyl (C=O) groups excluding carboxylic acids is 1. The van der Waals surface area contributed by atoms with Crippen molar-refractivity contribution in [2.24, 2.45) is 0 Å². The van der Waals surface area contributed by atoms with E-state index in [0.29, 0.717) is 5.82 Å². The smallest absolute Gasteiger partial charge is 0.243 e. The zero-order chi connectivity index (χ0) is 17.0. The molecule has 0 aliphatic heterocycles. The molecule has 0 radical (unpaired) electrons. The monoisotopic (exact) mass is 333 g/mol. The number of nitrogens with one attached hydrogen (secondary N) is 1. The van der Waals surface area contributed by atoms with E-state index in [0.717, 1.165) is 15.4 Å². The molecule has 1 amide bonds. The number of carbonyl (C=O) groups is 1. The van der Waals surface area contributed by atoms with Gasteiger partial charge in [0.05, 0.1) is 11.4 Å². The number of hydrogen-bond donors (Lipinski definition) is 1. The van der Waals surface area contributed by atoms with E-state index in [2.05, 4.69) is 10.3 Å². The molecule has 122 valence electrons. The second-order valence-corrected chi connectivity index (χ2v) is 7.32. The Bertz CT molecular complexity index is 805. The zero-order valence-electron chi connectivity index (χ0n) is 13.3. The van der Waals surface area contributed by atoms with Crippen LogP contribution in [0.25, 0.3) is 0 Å². The van der Waals surface area contributed by atoms with Crippen LogP contribution in [0.1, 0.15) is 11.1 Å². The molecule has 1 aromatic carbocycles. The summed E-state index contributed by atoms with van der Waals surface area (Å²) in [6.07, 6.45) is 1.55. The lowest BCUT2D eigenvalue weighted by atomic mass is 10.1. The fourth-order valence-corrected chi connectivity index (χ4v) is 3.17. The minimum atomic E-state index is -3.71. The molecule has 0 atom stereocenters. The van der Waals surface area contributed by atoms with E-state index in [1.165, 1.54) is 7.05 Å². The molecular formula is C16H19N3O3S. The predicted octanol–water partition coefficient (Wildman–Crippen LogP) is 1.96. The molecule has 0 spiro atoms. The molecule has 0 saturated heterocycles. The van der Waals surface area contributed by atoms with Crippen molar-refractivity contribution >= 4 is 21.7 Å². The average Bonchev–Trinajstić information content (AvgIpc) is 2.50. The maximum atomic E-state index is 12.5. The van der Waals surface area contributed by atoms with Gasteiger partial charge in [0.25, 0.3) is 0 Å². The number of hydrogen-bond acceptors (Lipinski definition) is 4. The normalized spacial score (nSPS) is 11.5. The molecule has 23 heavy (non-hydrogen) atoms. The second kappa shape index (κ2) is 6.89. The van der Waals surface area contributed by atoms with E-state index in [4.69, 9.17) is 0 Å². The van der Waals surface area contributed by atoms with Gasteiger partial charge in [-0.15, -0.1) is 0 Å². The first-order chi connectivity index (χ1) is 10.8. The minimum absolute atomic E-state index is 0.175. The van der Waals surface area contributed by atoms with Crippen LogP contribution in [0.15, 0.2) is 47.5 Å². The lowest BCUT2D eigenvalue weighted by Crippen LogP contribution is -2.35. The summed E-state index contributed by atoms with van der Waals surface area (Å²) in [6, 6.07) is 10.0. The number of amides is 1. The van der Waals surface area contributed by atoms with Crippen molar-refractivity contribution in [3.63, 3.8) is 0 Å². The highest BCUT2D eigenvalue weighted by Crippen LogP contribution is 2.18. The Kier molecular flexibility index (Phi) is 5.12. The van der Waals surface area contributed by atoms with Crippen LogP contribution >= 0.6 is 0 Å². The van der Waals surface area contributed by atoms with Gasteiger partial charge in [0.1, 0.15) is 5.82 Å². The number of anilines is 1. The topological polar surface area (TPSA) is 79.4 Å². The van der Waals surface area contributed by atoms with Crippen LogP contribution in [-0.4, -0.2) is 37.2 Å². The lowest BCUT2D eigenvalue weighted by Gasteiger charge is -2.17. The van der Waals surface area contributed by atoms with Gasteiger partial charge in [0, 0.05) is 13.2 Å². The third-order valence-corrected chi connectivity index (χ3v) is 5.28. The van der Waals surface area contributed by atoms with Gasteiger partial charge in [0.2, 0.25) is 15.9 Å². The Morgan fingerprint density at radius 3 is 2.52 bits per heavy atom. The molecule has 0 saturated carbocycles. The molecule has 1 heterocycles. The number of benzene rings is 1. The van der Waals surface area contributed by atoms with Crippen LogP contribution < -0.4 is 5.32 Å². The molecule has 7 heteroatoms. The van der Waals surface area contributed by atoms with Crippen molar-refractivity contribution in [1.82, 2.24) is 9.29 Å². The highest BCUT2D eigenvalue weighted by atomic mass is 32.2. The molecule has 2 rings (SSSR count). The van der Waals surface area contributed by atoms with Crippen molar-refractivity contribution in [1.29, 1.82) is 0 Å². The number of aromatic nitrogens is 1. The number of likely N-dealkylation sites (N-methyl/N-ethyl adjacent to an activating group) is 1. The third-order valence-electron chi connectivity index (χ3n) is 3.49. The molecule has 0 fully saturated rings. The summed E-state index contributed by atoms with van der Waals surface area (Å²) in [5.74, 6) is -0.0620. The summed E-state index contributed by atoms with van der Waals surface area (Å²) in [7, 11) is -2.34. The van der Waals surface area contributed by atoms with Crippen molar-refractivity contribution in [3.05, 3.63) is 53.7 Å². The van der Waals surface area contributed by atoms with Gasteiger partial charge in [-0.05, 0) is 49.2 Å². The molecule has 2 aromatic rings. The average molecular weight is 333 g/mol. The Balaban J connectivity index is 2.10. The predicted molar refractivity (Wildman–Crippen MR) is 88.6 cm³/mol. The highest BCUT2D eigenvalue weighted by molar-refractivity contribution is 7.89. The fraction of sp³-hybridized carbons (Fsp3) is 0.250. The van der Waals surface area contributed by atoms with Gasteiger partial charge >= 0.3 is 0 Å². The first-order valence-corrected chi connectivity index (χ1v) is 8.49. The minimum Gasteiger partial charge on any atom is -0.310 e. The number of aryl methyl sites for hydroxylation is 2. The molecule has 0 unspecified atom stereocenters. The van der Waals surface area contributed by atoms with Crippen molar-refractivity contribution in [2.75, 3.05) is 18.9 Å². The summed E-state index contributed by atoms with van der Waals surface area (Å²) in [6.45, 7) is 3.48. The SMILES string of the molecule is Cc1ccc(S(=O)(=O)N(C)CC(=O)Nc2ccccn2)cc1C. The van der Waals surface area contributed by atoms with Crippen LogP contribution in [0.5, 0.6) is 0 Å². The van der Waals surface area contributed by atoms with Gasteiger partial charge in [-0.2, -0.15) is 4.31 Å². The van der Waals surface area contributed by atoms with Crippen LogP contribution in [0.3, 0.4) is 0 Å². The van der Waals surface area contributed by atoms with Gasteiger partial charge in [-0.25, -0.2) is 13.4 Å².